The zero-order valence-electron chi connectivity index (χ0n) is 16.8. The van der Waals surface area contributed by atoms with Crippen LogP contribution in [0.25, 0.3) is 0 Å². The lowest BCUT2D eigenvalue weighted by molar-refractivity contribution is -0.152. The van der Waals surface area contributed by atoms with Gasteiger partial charge in [0.1, 0.15) is 0 Å². The van der Waals surface area contributed by atoms with E-state index >= 15 is 0 Å². The fourth-order valence-electron chi connectivity index (χ4n) is 6.49. The van der Waals surface area contributed by atoms with Gasteiger partial charge < -0.3 is 5.32 Å². The van der Waals surface area contributed by atoms with Gasteiger partial charge in [-0.15, -0.1) is 10.2 Å². The minimum absolute atomic E-state index is 0.127. The molecule has 2 unspecified atom stereocenters. The molecule has 4 aliphatic carbocycles. The maximum atomic E-state index is 13.5. The lowest BCUT2D eigenvalue weighted by Gasteiger charge is -2.60. The molecule has 4 bridgehead atoms. The molecule has 0 aliphatic heterocycles. The molecule has 4 aliphatic rings. The van der Waals surface area contributed by atoms with Crippen molar-refractivity contribution >= 4 is 11.6 Å². The maximum Gasteiger partial charge on any atom is 0.230 e. The Morgan fingerprint density at radius 3 is 2.54 bits per heavy atom. The summed E-state index contributed by atoms with van der Waals surface area (Å²) in [5, 5.41) is 15.8. The summed E-state index contributed by atoms with van der Waals surface area (Å²) in [5.41, 5.74) is 1.80. The molecular formula is C22H29N5O. The van der Waals surface area contributed by atoms with Gasteiger partial charge in [-0.1, -0.05) is 26.0 Å². The number of hydrogen-bond acceptors (Lipinski definition) is 4. The number of anilines is 1. The number of nitrogens with one attached hydrogen (secondary N) is 1. The number of rotatable bonds is 5. The number of aromatic nitrogens is 4. The normalized spacial score (nSPS) is 34.4. The van der Waals surface area contributed by atoms with E-state index in [1.165, 1.54) is 18.3 Å². The fraction of sp³-hybridized carbons (Fsp3) is 0.636. The van der Waals surface area contributed by atoms with Crippen LogP contribution in [0.1, 0.15) is 70.3 Å². The van der Waals surface area contributed by atoms with Crippen LogP contribution < -0.4 is 5.32 Å². The van der Waals surface area contributed by atoms with E-state index in [1.54, 1.807) is 0 Å². The zero-order valence-corrected chi connectivity index (χ0v) is 16.8. The van der Waals surface area contributed by atoms with Crippen LogP contribution in [-0.4, -0.2) is 26.1 Å². The second-order valence-electron chi connectivity index (χ2n) is 9.58. The van der Waals surface area contributed by atoms with Crippen molar-refractivity contribution in [2.24, 2.45) is 17.3 Å². The summed E-state index contributed by atoms with van der Waals surface area (Å²) in [6.07, 6.45) is 8.87. The fourth-order valence-corrected chi connectivity index (χ4v) is 6.49. The molecule has 2 aromatic rings. The van der Waals surface area contributed by atoms with Gasteiger partial charge in [0.05, 0.1) is 11.0 Å². The predicted molar refractivity (Wildman–Crippen MR) is 107 cm³/mol. The monoisotopic (exact) mass is 379 g/mol. The Morgan fingerprint density at radius 2 is 1.93 bits per heavy atom. The standard InChI is InChI=1S/C22H29N5O/c1-3-15(2)18-4-6-19(7-5-18)25-20(28)21-9-16-8-17(10-21)12-22(11-16,13-21)27-24-14-23-26-27/h4-7,14-17H,3,8-13H2,1-2H3,(H,25,28)/t15-,16-,17+,21?,22?/m0/s1. The third-order valence-corrected chi connectivity index (χ3v) is 7.64. The van der Waals surface area contributed by atoms with Crippen molar-refractivity contribution in [1.29, 1.82) is 0 Å². The van der Waals surface area contributed by atoms with E-state index in [9.17, 15) is 4.79 Å². The molecule has 5 atom stereocenters. The molecule has 1 aromatic carbocycles. The Balaban J connectivity index is 1.39. The van der Waals surface area contributed by atoms with Crippen molar-refractivity contribution in [3.8, 4) is 0 Å². The van der Waals surface area contributed by atoms with Gasteiger partial charge in [0, 0.05) is 5.69 Å². The number of nitrogens with zero attached hydrogens (tertiary/aromatic N) is 4. The summed E-state index contributed by atoms with van der Waals surface area (Å²) in [5.74, 6) is 1.90. The number of carbonyl (C=O) groups is 1. The van der Waals surface area contributed by atoms with E-state index in [2.05, 4.69) is 58.8 Å². The predicted octanol–water partition coefficient (Wildman–Crippen LogP) is 4.12. The first-order chi connectivity index (χ1) is 13.5. The summed E-state index contributed by atoms with van der Waals surface area (Å²) in [4.78, 5) is 15.3. The molecule has 148 valence electrons. The molecule has 28 heavy (non-hydrogen) atoms. The lowest BCUT2D eigenvalue weighted by Crippen LogP contribution is -2.60. The highest BCUT2D eigenvalue weighted by Gasteiger charge is 2.62. The maximum absolute atomic E-state index is 13.5. The quantitative estimate of drug-likeness (QED) is 0.848. The van der Waals surface area contributed by atoms with Crippen LogP contribution in [0.2, 0.25) is 0 Å². The van der Waals surface area contributed by atoms with E-state index in [-0.39, 0.29) is 16.9 Å². The third kappa shape index (κ3) is 2.76. The highest BCUT2D eigenvalue weighted by Crippen LogP contribution is 2.64. The van der Waals surface area contributed by atoms with E-state index in [4.69, 9.17) is 0 Å². The summed E-state index contributed by atoms with van der Waals surface area (Å²) < 4.78 is 0. The van der Waals surface area contributed by atoms with Crippen molar-refractivity contribution in [2.45, 2.75) is 70.3 Å². The Bertz CT molecular complexity index is 846. The average Bonchev–Trinajstić information content (AvgIpc) is 3.23. The average molecular weight is 380 g/mol. The molecule has 6 rings (SSSR count). The molecule has 1 heterocycles. The zero-order chi connectivity index (χ0) is 19.4. The lowest BCUT2D eigenvalue weighted by atomic mass is 9.46. The SMILES string of the molecule is CC[C@H](C)c1ccc(NC(=O)C23C[C@H]4C[C@@H](C2)CC(n2ncnn2)(C4)C3)cc1. The Kier molecular flexibility index (Phi) is 4.07. The van der Waals surface area contributed by atoms with Crippen LogP contribution in [0, 0.1) is 17.3 Å². The van der Waals surface area contributed by atoms with Crippen molar-refractivity contribution in [3.63, 3.8) is 0 Å². The minimum Gasteiger partial charge on any atom is -0.326 e. The number of tetrazole rings is 1. The van der Waals surface area contributed by atoms with Crippen LogP contribution in [0.15, 0.2) is 30.6 Å². The first kappa shape index (κ1) is 17.8. The first-order valence-electron chi connectivity index (χ1n) is 10.7. The third-order valence-electron chi connectivity index (χ3n) is 7.64. The molecule has 4 saturated carbocycles. The second kappa shape index (κ2) is 6.39. The van der Waals surface area contributed by atoms with Gasteiger partial charge in [-0.25, -0.2) is 0 Å². The van der Waals surface area contributed by atoms with E-state index in [1.807, 2.05) is 4.80 Å². The molecule has 4 fully saturated rings. The summed E-state index contributed by atoms with van der Waals surface area (Å²) in [6, 6.07) is 8.39. The Hall–Kier alpha value is -2.24. The van der Waals surface area contributed by atoms with Crippen molar-refractivity contribution in [3.05, 3.63) is 36.2 Å². The van der Waals surface area contributed by atoms with Crippen LogP contribution in [0.3, 0.4) is 0 Å². The summed E-state index contributed by atoms with van der Waals surface area (Å²) in [7, 11) is 0. The topological polar surface area (TPSA) is 72.7 Å². The van der Waals surface area contributed by atoms with Gasteiger partial charge in [-0.3, -0.25) is 4.79 Å². The molecule has 0 radical (unpaired) electrons. The van der Waals surface area contributed by atoms with E-state index in [0.29, 0.717) is 17.8 Å². The highest BCUT2D eigenvalue weighted by atomic mass is 16.2. The van der Waals surface area contributed by atoms with Crippen LogP contribution >= 0.6 is 0 Å². The van der Waals surface area contributed by atoms with Crippen molar-refractivity contribution in [1.82, 2.24) is 20.2 Å². The van der Waals surface area contributed by atoms with Crippen molar-refractivity contribution < 1.29 is 4.79 Å². The van der Waals surface area contributed by atoms with Gasteiger partial charge in [-0.2, -0.15) is 4.80 Å². The first-order valence-corrected chi connectivity index (χ1v) is 10.7. The smallest absolute Gasteiger partial charge is 0.230 e. The molecule has 6 nitrogen and oxygen atoms in total. The molecule has 0 spiro atoms. The van der Waals surface area contributed by atoms with Gasteiger partial charge in [0.2, 0.25) is 5.91 Å². The summed E-state index contributed by atoms with van der Waals surface area (Å²) in [6.45, 7) is 4.44. The summed E-state index contributed by atoms with van der Waals surface area (Å²) >= 11 is 0. The molecule has 0 saturated heterocycles. The van der Waals surface area contributed by atoms with Crippen LogP contribution in [0.4, 0.5) is 5.69 Å². The largest absolute Gasteiger partial charge is 0.326 e. The minimum atomic E-state index is -0.299. The van der Waals surface area contributed by atoms with Crippen LogP contribution in [0.5, 0.6) is 0 Å². The number of hydrogen-bond donors (Lipinski definition) is 1. The molecule has 1 aromatic heterocycles. The van der Waals surface area contributed by atoms with Gasteiger partial charge in [-0.05, 0) is 85.6 Å². The molecule has 1 N–H and O–H groups in total. The van der Waals surface area contributed by atoms with Crippen molar-refractivity contribution in [2.75, 3.05) is 5.32 Å². The van der Waals surface area contributed by atoms with Gasteiger partial charge in [0.25, 0.3) is 0 Å². The molecule has 1 amide bonds. The second-order valence-corrected chi connectivity index (χ2v) is 9.58. The molecular weight excluding hydrogens is 350 g/mol. The van der Waals surface area contributed by atoms with Gasteiger partial charge >= 0.3 is 0 Å². The van der Waals surface area contributed by atoms with Crippen LogP contribution in [-0.2, 0) is 10.3 Å². The van der Waals surface area contributed by atoms with E-state index < -0.39 is 0 Å². The molecule has 6 heteroatoms. The van der Waals surface area contributed by atoms with Gasteiger partial charge in [0.15, 0.2) is 6.33 Å². The number of carbonyl (C=O) groups excluding carboxylic acids is 1. The van der Waals surface area contributed by atoms with E-state index in [0.717, 1.165) is 44.2 Å². The highest BCUT2D eigenvalue weighted by molar-refractivity contribution is 5.95. The number of amides is 1. The Morgan fingerprint density at radius 1 is 1.21 bits per heavy atom. The number of benzene rings is 1. The Labute approximate surface area is 166 Å².